The molecule has 0 radical (unpaired) electrons. The Labute approximate surface area is 123 Å². The average Bonchev–Trinajstić information content (AvgIpc) is 2.54. The molecule has 1 heterocycles. The monoisotopic (exact) mass is 281 g/mol. The van der Waals surface area contributed by atoms with Crippen LogP contribution >= 0.6 is 0 Å². The predicted molar refractivity (Wildman–Crippen MR) is 77.9 cm³/mol. The number of nitrogens with one attached hydrogen (secondary N) is 1. The van der Waals surface area contributed by atoms with E-state index in [0.29, 0.717) is 23.5 Å². The standard InChI is InChI=1S/C16H15N3O2/c1-2-13(10-17)19-16(20)12-5-7-14(8-6-12)21-15-4-3-9-18-11-15/h3-9,11,13H,2H2,1H3,(H,19,20)/t13-/m0/s1. The fraction of sp³-hybridized carbons (Fsp3) is 0.188. The highest BCUT2D eigenvalue weighted by Crippen LogP contribution is 2.20. The van der Waals surface area contributed by atoms with Crippen LogP contribution in [0.5, 0.6) is 11.5 Å². The van der Waals surface area contributed by atoms with Gasteiger partial charge in [0.2, 0.25) is 0 Å². The lowest BCUT2D eigenvalue weighted by Gasteiger charge is -2.10. The largest absolute Gasteiger partial charge is 0.456 e. The summed E-state index contributed by atoms with van der Waals surface area (Å²) in [5.41, 5.74) is 0.488. The molecule has 2 rings (SSSR count). The molecule has 0 aliphatic carbocycles. The maximum Gasteiger partial charge on any atom is 0.252 e. The Balaban J connectivity index is 2.02. The second kappa shape index (κ2) is 7.06. The number of carbonyl (C=O) groups excluding carboxylic acids is 1. The molecule has 21 heavy (non-hydrogen) atoms. The van der Waals surface area contributed by atoms with E-state index in [-0.39, 0.29) is 5.91 Å². The van der Waals surface area contributed by atoms with Crippen molar-refractivity contribution in [3.8, 4) is 17.6 Å². The molecule has 2 aromatic rings. The summed E-state index contributed by atoms with van der Waals surface area (Å²) in [6.45, 7) is 1.85. The van der Waals surface area contributed by atoms with Gasteiger partial charge < -0.3 is 10.1 Å². The number of benzene rings is 1. The number of pyridine rings is 1. The molecule has 0 saturated carbocycles. The Hall–Kier alpha value is -2.87. The number of amides is 1. The van der Waals surface area contributed by atoms with Crippen molar-refractivity contribution in [2.45, 2.75) is 19.4 Å². The third kappa shape index (κ3) is 4.05. The summed E-state index contributed by atoms with van der Waals surface area (Å²) in [6, 6.07) is 11.9. The lowest BCUT2D eigenvalue weighted by atomic mass is 10.1. The maximum atomic E-state index is 11.9. The topological polar surface area (TPSA) is 75.0 Å². The van der Waals surface area contributed by atoms with Gasteiger partial charge in [-0.1, -0.05) is 6.92 Å². The first-order chi connectivity index (χ1) is 10.2. The van der Waals surface area contributed by atoms with Crippen LogP contribution in [0.1, 0.15) is 23.7 Å². The molecule has 1 aromatic heterocycles. The summed E-state index contributed by atoms with van der Waals surface area (Å²) in [6.07, 6.45) is 3.85. The number of carbonyl (C=O) groups is 1. The van der Waals surface area contributed by atoms with Crippen molar-refractivity contribution >= 4 is 5.91 Å². The van der Waals surface area contributed by atoms with Gasteiger partial charge in [-0.05, 0) is 42.8 Å². The highest BCUT2D eigenvalue weighted by molar-refractivity contribution is 5.94. The Kier molecular flexibility index (Phi) is 4.89. The molecule has 0 fully saturated rings. The molecular weight excluding hydrogens is 266 g/mol. The van der Waals surface area contributed by atoms with E-state index in [1.807, 2.05) is 13.0 Å². The zero-order chi connectivity index (χ0) is 15.1. The van der Waals surface area contributed by atoms with Crippen LogP contribution in [0.2, 0.25) is 0 Å². The smallest absolute Gasteiger partial charge is 0.252 e. The van der Waals surface area contributed by atoms with E-state index in [2.05, 4.69) is 10.3 Å². The Morgan fingerprint density at radius 2 is 2.10 bits per heavy atom. The lowest BCUT2D eigenvalue weighted by Crippen LogP contribution is -2.33. The Morgan fingerprint density at radius 1 is 1.33 bits per heavy atom. The SMILES string of the molecule is CC[C@@H](C#N)NC(=O)c1ccc(Oc2cccnc2)cc1. The van der Waals surface area contributed by atoms with Gasteiger partial charge in [0.15, 0.2) is 0 Å². The highest BCUT2D eigenvalue weighted by atomic mass is 16.5. The van der Waals surface area contributed by atoms with Crippen molar-refractivity contribution in [3.05, 3.63) is 54.4 Å². The zero-order valence-electron chi connectivity index (χ0n) is 11.6. The van der Waals surface area contributed by atoms with Crippen molar-refractivity contribution in [1.29, 1.82) is 5.26 Å². The first kappa shape index (κ1) is 14.5. The molecule has 0 bridgehead atoms. The molecule has 0 aliphatic rings. The van der Waals surface area contributed by atoms with Gasteiger partial charge in [-0.25, -0.2) is 0 Å². The molecule has 5 nitrogen and oxygen atoms in total. The van der Waals surface area contributed by atoms with Gasteiger partial charge >= 0.3 is 0 Å². The second-order valence-electron chi connectivity index (χ2n) is 4.38. The minimum absolute atomic E-state index is 0.267. The van der Waals surface area contributed by atoms with Crippen molar-refractivity contribution in [3.63, 3.8) is 0 Å². The number of ether oxygens (including phenoxy) is 1. The van der Waals surface area contributed by atoms with Gasteiger partial charge in [0, 0.05) is 11.8 Å². The van der Waals surface area contributed by atoms with Crippen LogP contribution in [-0.4, -0.2) is 16.9 Å². The maximum absolute atomic E-state index is 11.9. The number of hydrogen-bond acceptors (Lipinski definition) is 4. The minimum atomic E-state index is -0.469. The third-order valence-electron chi connectivity index (χ3n) is 2.86. The van der Waals surface area contributed by atoms with E-state index in [1.54, 1.807) is 48.8 Å². The molecule has 106 valence electrons. The molecule has 1 amide bonds. The fourth-order valence-corrected chi connectivity index (χ4v) is 1.69. The van der Waals surface area contributed by atoms with E-state index >= 15 is 0 Å². The number of nitriles is 1. The van der Waals surface area contributed by atoms with Crippen LogP contribution in [0.25, 0.3) is 0 Å². The molecule has 0 unspecified atom stereocenters. The summed E-state index contributed by atoms with van der Waals surface area (Å²) < 4.78 is 5.59. The van der Waals surface area contributed by atoms with Crippen LogP contribution in [0.4, 0.5) is 0 Å². The van der Waals surface area contributed by atoms with Crippen LogP contribution in [-0.2, 0) is 0 Å². The van der Waals surface area contributed by atoms with Crippen molar-refractivity contribution in [2.75, 3.05) is 0 Å². The first-order valence-electron chi connectivity index (χ1n) is 6.61. The van der Waals surface area contributed by atoms with E-state index in [4.69, 9.17) is 10.00 Å². The average molecular weight is 281 g/mol. The number of rotatable bonds is 5. The van der Waals surface area contributed by atoms with Crippen molar-refractivity contribution < 1.29 is 9.53 Å². The fourth-order valence-electron chi connectivity index (χ4n) is 1.69. The zero-order valence-corrected chi connectivity index (χ0v) is 11.6. The van der Waals surface area contributed by atoms with E-state index in [0.717, 1.165) is 0 Å². The molecule has 0 spiro atoms. The molecule has 0 aliphatic heterocycles. The molecule has 0 saturated heterocycles. The molecule has 1 aromatic carbocycles. The highest BCUT2D eigenvalue weighted by Gasteiger charge is 2.11. The van der Waals surface area contributed by atoms with Crippen LogP contribution < -0.4 is 10.1 Å². The Morgan fingerprint density at radius 3 is 2.67 bits per heavy atom. The number of hydrogen-bond donors (Lipinski definition) is 1. The summed E-state index contributed by atoms with van der Waals surface area (Å²) in [4.78, 5) is 15.9. The summed E-state index contributed by atoms with van der Waals surface area (Å²) in [5.74, 6) is 0.980. The van der Waals surface area contributed by atoms with E-state index < -0.39 is 6.04 Å². The molecule has 5 heteroatoms. The van der Waals surface area contributed by atoms with Gasteiger partial charge in [0.1, 0.15) is 17.5 Å². The van der Waals surface area contributed by atoms with E-state index in [9.17, 15) is 4.79 Å². The molecule has 1 N–H and O–H groups in total. The lowest BCUT2D eigenvalue weighted by molar-refractivity contribution is 0.0944. The molecule has 1 atom stereocenters. The van der Waals surface area contributed by atoms with Gasteiger partial charge in [0.25, 0.3) is 5.91 Å². The normalized spacial score (nSPS) is 11.2. The quantitative estimate of drug-likeness (QED) is 0.914. The Bertz CT molecular complexity index is 633. The van der Waals surface area contributed by atoms with Crippen LogP contribution in [0.15, 0.2) is 48.8 Å². The number of nitrogens with zero attached hydrogens (tertiary/aromatic N) is 2. The van der Waals surface area contributed by atoms with Gasteiger partial charge in [-0.2, -0.15) is 5.26 Å². The van der Waals surface area contributed by atoms with E-state index in [1.165, 1.54) is 0 Å². The third-order valence-corrected chi connectivity index (χ3v) is 2.86. The second-order valence-corrected chi connectivity index (χ2v) is 4.38. The minimum Gasteiger partial charge on any atom is -0.456 e. The summed E-state index contributed by atoms with van der Waals surface area (Å²) in [7, 11) is 0. The first-order valence-corrected chi connectivity index (χ1v) is 6.61. The molecular formula is C16H15N3O2. The van der Waals surface area contributed by atoms with Gasteiger partial charge in [-0.15, -0.1) is 0 Å². The van der Waals surface area contributed by atoms with Gasteiger partial charge in [0.05, 0.1) is 12.3 Å². The summed E-state index contributed by atoms with van der Waals surface area (Å²) >= 11 is 0. The number of aromatic nitrogens is 1. The van der Waals surface area contributed by atoms with Crippen molar-refractivity contribution in [2.24, 2.45) is 0 Å². The van der Waals surface area contributed by atoms with Crippen LogP contribution in [0.3, 0.4) is 0 Å². The van der Waals surface area contributed by atoms with Gasteiger partial charge in [-0.3, -0.25) is 9.78 Å². The van der Waals surface area contributed by atoms with Crippen LogP contribution in [0, 0.1) is 11.3 Å². The van der Waals surface area contributed by atoms with Crippen molar-refractivity contribution in [1.82, 2.24) is 10.3 Å². The summed E-state index contributed by atoms with van der Waals surface area (Å²) in [5, 5.41) is 11.5. The predicted octanol–water partition coefficient (Wildman–Crippen LogP) is 2.91.